The van der Waals surface area contributed by atoms with Gasteiger partial charge in [-0.2, -0.15) is 0 Å². The lowest BCUT2D eigenvalue weighted by molar-refractivity contribution is 0.190. The minimum absolute atomic E-state index is 0.181. The third-order valence-corrected chi connectivity index (χ3v) is 3.37. The lowest BCUT2D eigenvalue weighted by Crippen LogP contribution is -2.25. The standard InChI is InChI=1S/C16H26FNO2/c1-19-11-4-3-5-15(13-18-10-12-20-2)14-6-8-16(17)9-7-14/h6-9,15,18H,3-5,10-13H2,1-2H3. The van der Waals surface area contributed by atoms with E-state index in [2.05, 4.69) is 5.32 Å². The van der Waals surface area contributed by atoms with Crippen LogP contribution < -0.4 is 5.32 Å². The van der Waals surface area contributed by atoms with E-state index in [1.807, 2.05) is 12.1 Å². The van der Waals surface area contributed by atoms with Crippen LogP contribution in [0.2, 0.25) is 0 Å². The second kappa shape index (κ2) is 10.8. The molecule has 114 valence electrons. The normalized spacial score (nSPS) is 12.6. The summed E-state index contributed by atoms with van der Waals surface area (Å²) in [5, 5.41) is 3.39. The Balaban J connectivity index is 2.47. The number of benzene rings is 1. The maximum Gasteiger partial charge on any atom is 0.123 e. The molecular formula is C16H26FNO2. The highest BCUT2D eigenvalue weighted by Gasteiger charge is 2.11. The minimum atomic E-state index is -0.181. The quantitative estimate of drug-likeness (QED) is 0.633. The van der Waals surface area contributed by atoms with Crippen LogP contribution in [0.3, 0.4) is 0 Å². The lowest BCUT2D eigenvalue weighted by Gasteiger charge is -2.18. The Labute approximate surface area is 121 Å². The Kier molecular flexibility index (Phi) is 9.20. The summed E-state index contributed by atoms with van der Waals surface area (Å²) in [6.45, 7) is 3.24. The lowest BCUT2D eigenvalue weighted by atomic mass is 9.93. The van der Waals surface area contributed by atoms with Crippen molar-refractivity contribution in [3.8, 4) is 0 Å². The zero-order valence-corrected chi connectivity index (χ0v) is 12.5. The molecule has 1 aromatic carbocycles. The molecule has 0 saturated heterocycles. The molecule has 0 radical (unpaired) electrons. The molecule has 0 bridgehead atoms. The third-order valence-electron chi connectivity index (χ3n) is 3.37. The van der Waals surface area contributed by atoms with E-state index in [-0.39, 0.29) is 5.82 Å². The molecule has 0 aliphatic rings. The van der Waals surface area contributed by atoms with E-state index < -0.39 is 0 Å². The molecule has 0 saturated carbocycles. The minimum Gasteiger partial charge on any atom is -0.385 e. The zero-order chi connectivity index (χ0) is 14.6. The van der Waals surface area contributed by atoms with Crippen LogP contribution in [0.4, 0.5) is 4.39 Å². The van der Waals surface area contributed by atoms with Crippen LogP contribution in [-0.2, 0) is 9.47 Å². The van der Waals surface area contributed by atoms with Gasteiger partial charge in [-0.15, -0.1) is 0 Å². The molecule has 0 aliphatic heterocycles. The van der Waals surface area contributed by atoms with Gasteiger partial charge in [0.25, 0.3) is 0 Å². The maximum absolute atomic E-state index is 13.0. The van der Waals surface area contributed by atoms with E-state index in [9.17, 15) is 4.39 Å². The Hall–Kier alpha value is -0.970. The van der Waals surface area contributed by atoms with E-state index in [4.69, 9.17) is 9.47 Å². The van der Waals surface area contributed by atoms with Crippen LogP contribution in [0.25, 0.3) is 0 Å². The SMILES string of the molecule is COCCCCC(CNCCOC)c1ccc(F)cc1. The summed E-state index contributed by atoms with van der Waals surface area (Å²) in [6.07, 6.45) is 3.25. The van der Waals surface area contributed by atoms with Crippen molar-refractivity contribution in [3.05, 3.63) is 35.6 Å². The molecule has 1 atom stereocenters. The molecule has 0 amide bonds. The molecule has 1 unspecified atom stereocenters. The number of hydrogen-bond acceptors (Lipinski definition) is 3. The number of methoxy groups -OCH3 is 2. The summed E-state index contributed by atoms with van der Waals surface area (Å²) in [6, 6.07) is 6.84. The molecule has 4 heteroatoms. The van der Waals surface area contributed by atoms with Crippen LogP contribution in [0.15, 0.2) is 24.3 Å². The summed E-state index contributed by atoms with van der Waals surface area (Å²) in [7, 11) is 3.42. The topological polar surface area (TPSA) is 30.5 Å². The van der Waals surface area contributed by atoms with E-state index >= 15 is 0 Å². The number of rotatable bonds is 11. The molecule has 0 fully saturated rings. The zero-order valence-electron chi connectivity index (χ0n) is 12.5. The Bertz CT molecular complexity index is 331. The number of hydrogen-bond donors (Lipinski definition) is 1. The monoisotopic (exact) mass is 283 g/mol. The van der Waals surface area contributed by atoms with Gasteiger partial charge in [0.1, 0.15) is 5.82 Å². The predicted octanol–water partition coefficient (Wildman–Crippen LogP) is 2.96. The maximum atomic E-state index is 13.0. The van der Waals surface area contributed by atoms with Gasteiger partial charge in [0, 0.05) is 33.9 Å². The number of ether oxygens (including phenoxy) is 2. The summed E-state index contributed by atoms with van der Waals surface area (Å²) >= 11 is 0. The summed E-state index contributed by atoms with van der Waals surface area (Å²) < 4.78 is 23.1. The molecule has 20 heavy (non-hydrogen) atoms. The molecule has 1 N–H and O–H groups in total. The Morgan fingerprint density at radius 2 is 1.75 bits per heavy atom. The molecule has 3 nitrogen and oxygen atoms in total. The molecule has 0 spiro atoms. The summed E-state index contributed by atoms with van der Waals surface area (Å²) in [4.78, 5) is 0. The fourth-order valence-corrected chi connectivity index (χ4v) is 2.21. The van der Waals surface area contributed by atoms with Crippen molar-refractivity contribution in [3.63, 3.8) is 0 Å². The van der Waals surface area contributed by atoms with Gasteiger partial charge >= 0.3 is 0 Å². The van der Waals surface area contributed by atoms with Crippen molar-refractivity contribution in [1.82, 2.24) is 5.32 Å². The number of nitrogens with one attached hydrogen (secondary N) is 1. The van der Waals surface area contributed by atoms with E-state index in [1.165, 1.54) is 17.7 Å². The highest BCUT2D eigenvalue weighted by molar-refractivity contribution is 5.20. The van der Waals surface area contributed by atoms with Crippen molar-refractivity contribution < 1.29 is 13.9 Å². The largest absolute Gasteiger partial charge is 0.385 e. The van der Waals surface area contributed by atoms with Crippen molar-refractivity contribution in [2.24, 2.45) is 0 Å². The first kappa shape index (κ1) is 17.1. The average Bonchev–Trinajstić information content (AvgIpc) is 2.47. The van der Waals surface area contributed by atoms with Crippen molar-refractivity contribution >= 4 is 0 Å². The smallest absolute Gasteiger partial charge is 0.123 e. The van der Waals surface area contributed by atoms with Gasteiger partial charge in [-0.3, -0.25) is 0 Å². The van der Waals surface area contributed by atoms with Gasteiger partial charge < -0.3 is 14.8 Å². The Morgan fingerprint density at radius 1 is 1.05 bits per heavy atom. The van der Waals surface area contributed by atoms with Crippen LogP contribution >= 0.6 is 0 Å². The van der Waals surface area contributed by atoms with Gasteiger partial charge in [0.2, 0.25) is 0 Å². The first-order chi connectivity index (χ1) is 9.77. The first-order valence-electron chi connectivity index (χ1n) is 7.22. The average molecular weight is 283 g/mol. The van der Waals surface area contributed by atoms with Crippen LogP contribution in [0.5, 0.6) is 0 Å². The van der Waals surface area contributed by atoms with E-state index in [1.54, 1.807) is 14.2 Å². The van der Waals surface area contributed by atoms with Crippen LogP contribution in [-0.4, -0.2) is 40.5 Å². The predicted molar refractivity (Wildman–Crippen MR) is 79.6 cm³/mol. The molecular weight excluding hydrogens is 257 g/mol. The molecule has 0 heterocycles. The van der Waals surface area contributed by atoms with Crippen molar-refractivity contribution in [2.75, 3.05) is 40.5 Å². The second-order valence-electron chi connectivity index (χ2n) is 4.93. The molecule has 1 aromatic rings. The molecule has 1 rings (SSSR count). The van der Waals surface area contributed by atoms with Gasteiger partial charge in [-0.1, -0.05) is 18.6 Å². The van der Waals surface area contributed by atoms with Gasteiger partial charge in [-0.25, -0.2) is 4.39 Å². The summed E-state index contributed by atoms with van der Waals surface area (Å²) in [5.74, 6) is 0.225. The van der Waals surface area contributed by atoms with Gasteiger partial charge in [0.15, 0.2) is 0 Å². The van der Waals surface area contributed by atoms with E-state index in [0.29, 0.717) is 12.5 Å². The fraction of sp³-hybridized carbons (Fsp3) is 0.625. The molecule has 0 aromatic heterocycles. The van der Waals surface area contributed by atoms with Crippen LogP contribution in [0.1, 0.15) is 30.7 Å². The van der Waals surface area contributed by atoms with Gasteiger partial charge in [0.05, 0.1) is 6.61 Å². The summed E-state index contributed by atoms with van der Waals surface area (Å²) in [5.41, 5.74) is 1.19. The second-order valence-corrected chi connectivity index (χ2v) is 4.93. The highest BCUT2D eigenvalue weighted by Crippen LogP contribution is 2.21. The third kappa shape index (κ3) is 6.98. The van der Waals surface area contributed by atoms with E-state index in [0.717, 1.165) is 39.0 Å². The number of unbranched alkanes of at least 4 members (excludes halogenated alkanes) is 1. The fourth-order valence-electron chi connectivity index (χ4n) is 2.21. The van der Waals surface area contributed by atoms with Crippen molar-refractivity contribution in [1.29, 1.82) is 0 Å². The highest BCUT2D eigenvalue weighted by atomic mass is 19.1. The van der Waals surface area contributed by atoms with Crippen LogP contribution in [0, 0.1) is 5.82 Å². The first-order valence-corrected chi connectivity index (χ1v) is 7.22. The molecule has 0 aliphatic carbocycles. The Morgan fingerprint density at radius 3 is 2.40 bits per heavy atom. The number of halogens is 1. The van der Waals surface area contributed by atoms with Crippen molar-refractivity contribution in [2.45, 2.75) is 25.2 Å². The van der Waals surface area contributed by atoms with Gasteiger partial charge in [-0.05, 0) is 36.5 Å².